The molecule has 1 saturated carbocycles. The van der Waals surface area contributed by atoms with Gasteiger partial charge in [-0.05, 0) is 41.7 Å². The Morgan fingerprint density at radius 2 is 2.08 bits per heavy atom. The fourth-order valence-corrected chi connectivity index (χ4v) is 4.00. The Morgan fingerprint density at radius 1 is 1.25 bits per heavy atom. The van der Waals surface area contributed by atoms with Crippen LogP contribution in [-0.4, -0.2) is 22.0 Å². The predicted molar refractivity (Wildman–Crippen MR) is 88.8 cm³/mol. The number of benzene rings is 1. The first kappa shape index (κ1) is 14.9. The van der Waals surface area contributed by atoms with Gasteiger partial charge < -0.3 is 5.32 Å². The molecule has 1 fully saturated rings. The van der Waals surface area contributed by atoms with Crippen molar-refractivity contribution in [2.24, 2.45) is 11.8 Å². The van der Waals surface area contributed by atoms with Crippen LogP contribution < -0.4 is 16.6 Å². The van der Waals surface area contributed by atoms with E-state index in [-0.39, 0.29) is 12.5 Å². The first-order chi connectivity index (χ1) is 11.6. The van der Waals surface area contributed by atoms with Gasteiger partial charge in [0.2, 0.25) is 5.91 Å². The maximum atomic E-state index is 12.1. The van der Waals surface area contributed by atoms with E-state index in [4.69, 9.17) is 0 Å². The minimum Gasteiger partial charge on any atom is -0.354 e. The SMILES string of the molecule is O=C(Cn1ccc(=O)[nH]c1=O)NC[C@@H]1[C@@H]2CCc3ccccc3[C@H]12. The van der Waals surface area contributed by atoms with Crippen LogP contribution >= 0.6 is 0 Å². The first-order valence-electron chi connectivity index (χ1n) is 8.28. The standard InChI is InChI=1S/C18H19N3O3/c22-15-7-8-21(18(24)20-15)10-16(23)19-9-14-13-6-5-11-3-1-2-4-12(11)17(13)14/h1-4,7-8,13-14,17H,5-6,9-10H2,(H,19,23)(H,20,22,24)/t13-,14+,17-/m0/s1. The van der Waals surface area contributed by atoms with Crippen LogP contribution in [0.2, 0.25) is 0 Å². The van der Waals surface area contributed by atoms with E-state index in [1.54, 1.807) is 0 Å². The van der Waals surface area contributed by atoms with E-state index in [0.29, 0.717) is 24.3 Å². The molecule has 1 amide bonds. The van der Waals surface area contributed by atoms with Crippen LogP contribution in [0.4, 0.5) is 0 Å². The number of hydrogen-bond donors (Lipinski definition) is 2. The molecule has 0 saturated heterocycles. The molecule has 0 aliphatic heterocycles. The number of nitrogens with one attached hydrogen (secondary N) is 2. The predicted octanol–water partition coefficient (Wildman–Crippen LogP) is 0.629. The average molecular weight is 325 g/mol. The van der Waals surface area contributed by atoms with Crippen molar-refractivity contribution in [1.82, 2.24) is 14.9 Å². The van der Waals surface area contributed by atoms with Crippen LogP contribution in [-0.2, 0) is 17.8 Å². The molecule has 0 spiro atoms. The minimum absolute atomic E-state index is 0.0751. The van der Waals surface area contributed by atoms with E-state index in [2.05, 4.69) is 34.6 Å². The van der Waals surface area contributed by atoms with Crippen molar-refractivity contribution in [3.8, 4) is 0 Å². The summed E-state index contributed by atoms with van der Waals surface area (Å²) in [7, 11) is 0. The fraction of sp³-hybridized carbons (Fsp3) is 0.389. The number of nitrogens with zero attached hydrogens (tertiary/aromatic N) is 1. The normalized spacial score (nSPS) is 23.9. The van der Waals surface area contributed by atoms with Crippen molar-refractivity contribution in [1.29, 1.82) is 0 Å². The van der Waals surface area contributed by atoms with Crippen molar-refractivity contribution >= 4 is 5.91 Å². The Hall–Kier alpha value is -2.63. The zero-order valence-electron chi connectivity index (χ0n) is 13.2. The molecule has 3 atom stereocenters. The third-order valence-electron chi connectivity index (χ3n) is 5.24. The minimum atomic E-state index is -0.563. The molecule has 2 N–H and O–H groups in total. The Balaban J connectivity index is 1.36. The zero-order valence-corrected chi connectivity index (χ0v) is 13.2. The molecule has 6 nitrogen and oxygen atoms in total. The lowest BCUT2D eigenvalue weighted by Gasteiger charge is -2.13. The molecule has 2 aliphatic carbocycles. The van der Waals surface area contributed by atoms with Gasteiger partial charge in [0.15, 0.2) is 0 Å². The highest BCUT2D eigenvalue weighted by Crippen LogP contribution is 2.59. The Labute approximate surface area is 138 Å². The zero-order chi connectivity index (χ0) is 16.7. The van der Waals surface area contributed by atoms with Crippen LogP contribution in [0, 0.1) is 11.8 Å². The van der Waals surface area contributed by atoms with Gasteiger partial charge >= 0.3 is 5.69 Å². The second kappa shape index (κ2) is 5.78. The second-order valence-electron chi connectivity index (χ2n) is 6.63. The van der Waals surface area contributed by atoms with E-state index in [1.807, 2.05) is 0 Å². The molecule has 2 aliphatic rings. The van der Waals surface area contributed by atoms with Gasteiger partial charge in [0, 0.05) is 18.8 Å². The number of H-pyrrole nitrogens is 1. The number of rotatable bonds is 4. The van der Waals surface area contributed by atoms with Crippen molar-refractivity contribution in [3.05, 3.63) is 68.5 Å². The molecule has 0 radical (unpaired) electrons. The largest absolute Gasteiger partial charge is 0.354 e. The molecule has 0 bridgehead atoms. The van der Waals surface area contributed by atoms with Crippen LogP contribution in [0.25, 0.3) is 0 Å². The van der Waals surface area contributed by atoms with Crippen LogP contribution in [0.1, 0.15) is 23.5 Å². The smallest absolute Gasteiger partial charge is 0.328 e. The van der Waals surface area contributed by atoms with Gasteiger partial charge in [0.1, 0.15) is 6.54 Å². The van der Waals surface area contributed by atoms with E-state index in [1.165, 1.54) is 34.4 Å². The average Bonchev–Trinajstić information content (AvgIpc) is 3.29. The lowest BCUT2D eigenvalue weighted by molar-refractivity contribution is -0.121. The maximum Gasteiger partial charge on any atom is 0.328 e. The van der Waals surface area contributed by atoms with Gasteiger partial charge in [-0.25, -0.2) is 4.79 Å². The molecular weight excluding hydrogens is 306 g/mol. The third kappa shape index (κ3) is 2.68. The number of hydrogen-bond acceptors (Lipinski definition) is 3. The highest BCUT2D eigenvalue weighted by molar-refractivity contribution is 5.75. The summed E-state index contributed by atoms with van der Waals surface area (Å²) < 4.78 is 1.20. The van der Waals surface area contributed by atoms with Gasteiger partial charge in [-0.2, -0.15) is 0 Å². The summed E-state index contributed by atoms with van der Waals surface area (Å²) >= 11 is 0. The first-order valence-corrected chi connectivity index (χ1v) is 8.28. The lowest BCUT2D eigenvalue weighted by atomic mass is 9.92. The van der Waals surface area contributed by atoms with Gasteiger partial charge in [0.25, 0.3) is 5.56 Å². The molecule has 1 heterocycles. The van der Waals surface area contributed by atoms with Gasteiger partial charge in [0.05, 0.1) is 0 Å². The number of fused-ring (bicyclic) bond motifs is 3. The summed E-state index contributed by atoms with van der Waals surface area (Å²) in [6.45, 7) is 0.564. The van der Waals surface area contributed by atoms with E-state index in [0.717, 1.165) is 6.42 Å². The van der Waals surface area contributed by atoms with Crippen molar-refractivity contribution in [2.75, 3.05) is 6.54 Å². The fourth-order valence-electron chi connectivity index (χ4n) is 4.00. The highest BCUT2D eigenvalue weighted by atomic mass is 16.2. The molecule has 1 aromatic heterocycles. The molecule has 4 rings (SSSR count). The number of carbonyl (C=O) groups is 1. The Bertz CT molecular complexity index is 899. The molecular formula is C18H19N3O3. The summed E-state index contributed by atoms with van der Waals surface area (Å²) in [4.78, 5) is 36.8. The van der Waals surface area contributed by atoms with Gasteiger partial charge in [-0.15, -0.1) is 0 Å². The van der Waals surface area contributed by atoms with Gasteiger partial charge in [-0.1, -0.05) is 24.3 Å². The molecule has 0 unspecified atom stereocenters. The van der Waals surface area contributed by atoms with Crippen LogP contribution in [0.15, 0.2) is 46.1 Å². The summed E-state index contributed by atoms with van der Waals surface area (Å²) in [6, 6.07) is 9.80. The number of aromatic amines is 1. The highest BCUT2D eigenvalue weighted by Gasteiger charge is 2.52. The molecule has 1 aromatic carbocycles. The third-order valence-corrected chi connectivity index (χ3v) is 5.24. The molecule has 24 heavy (non-hydrogen) atoms. The summed E-state index contributed by atoms with van der Waals surface area (Å²) in [5.74, 6) is 1.51. The molecule has 124 valence electrons. The van der Waals surface area contributed by atoms with Crippen molar-refractivity contribution in [3.63, 3.8) is 0 Å². The van der Waals surface area contributed by atoms with E-state index >= 15 is 0 Å². The second-order valence-corrected chi connectivity index (χ2v) is 6.63. The quantitative estimate of drug-likeness (QED) is 0.865. The number of aromatic nitrogens is 2. The van der Waals surface area contributed by atoms with Crippen molar-refractivity contribution < 1.29 is 4.79 Å². The number of amides is 1. The monoisotopic (exact) mass is 325 g/mol. The Morgan fingerprint density at radius 3 is 2.92 bits per heavy atom. The topological polar surface area (TPSA) is 84.0 Å². The van der Waals surface area contributed by atoms with Crippen LogP contribution in [0.5, 0.6) is 0 Å². The maximum absolute atomic E-state index is 12.1. The number of carbonyl (C=O) groups excluding carboxylic acids is 1. The van der Waals surface area contributed by atoms with Crippen LogP contribution in [0.3, 0.4) is 0 Å². The van der Waals surface area contributed by atoms with Gasteiger partial charge in [-0.3, -0.25) is 19.1 Å². The summed E-state index contributed by atoms with van der Waals surface area (Å²) in [6.07, 6.45) is 3.64. The van der Waals surface area contributed by atoms with E-state index in [9.17, 15) is 14.4 Å². The molecule has 2 aromatic rings. The van der Waals surface area contributed by atoms with E-state index < -0.39 is 11.2 Å². The summed E-state index contributed by atoms with van der Waals surface area (Å²) in [5.41, 5.74) is 1.85. The number of aryl methyl sites for hydroxylation is 1. The molecule has 6 heteroatoms. The summed E-state index contributed by atoms with van der Waals surface area (Å²) in [5, 5.41) is 2.93. The van der Waals surface area contributed by atoms with Crippen molar-refractivity contribution in [2.45, 2.75) is 25.3 Å². The Kier molecular flexibility index (Phi) is 3.59. The lowest BCUT2D eigenvalue weighted by Crippen LogP contribution is -2.36.